The lowest BCUT2D eigenvalue weighted by Crippen LogP contribution is -2.39. The second kappa shape index (κ2) is 4.09. The fraction of sp³-hybridized carbons (Fsp3) is 0.800. The van der Waals surface area contributed by atoms with E-state index >= 15 is 0 Å². The van der Waals surface area contributed by atoms with Crippen molar-refractivity contribution in [2.45, 2.75) is 38.8 Å². The minimum absolute atomic E-state index is 0.514. The van der Waals surface area contributed by atoms with Gasteiger partial charge < -0.3 is 4.90 Å². The lowest BCUT2D eigenvalue weighted by atomic mass is 10.0. The normalized spacial score (nSPS) is 20.5. The zero-order valence-electron chi connectivity index (χ0n) is 8.93. The van der Waals surface area contributed by atoms with Crippen LogP contribution in [-0.4, -0.2) is 39.0 Å². The van der Waals surface area contributed by atoms with Gasteiger partial charge in [-0.2, -0.15) is 15.0 Å². The molecule has 0 saturated carbocycles. The van der Waals surface area contributed by atoms with E-state index in [-0.39, 0.29) is 0 Å². The molecule has 0 amide bonds. The van der Waals surface area contributed by atoms with E-state index in [2.05, 4.69) is 28.9 Å². The molecule has 1 saturated heterocycles. The van der Waals surface area contributed by atoms with E-state index in [1.54, 1.807) is 12.4 Å². The average molecular weight is 194 g/mol. The summed E-state index contributed by atoms with van der Waals surface area (Å²) in [5.74, 6) is 0. The molecular weight excluding hydrogens is 176 g/mol. The second-order valence-electron chi connectivity index (χ2n) is 4.21. The van der Waals surface area contributed by atoms with Crippen LogP contribution < -0.4 is 0 Å². The van der Waals surface area contributed by atoms with Gasteiger partial charge in [0.1, 0.15) is 0 Å². The van der Waals surface area contributed by atoms with Crippen molar-refractivity contribution >= 4 is 0 Å². The second-order valence-corrected chi connectivity index (χ2v) is 4.21. The van der Waals surface area contributed by atoms with Gasteiger partial charge in [0.25, 0.3) is 0 Å². The van der Waals surface area contributed by atoms with Crippen molar-refractivity contribution in [1.29, 1.82) is 0 Å². The molecule has 0 bridgehead atoms. The summed E-state index contributed by atoms with van der Waals surface area (Å²) < 4.78 is 0. The molecule has 1 fully saturated rings. The van der Waals surface area contributed by atoms with E-state index in [1.807, 2.05) is 4.80 Å². The Hall–Kier alpha value is -0.900. The molecule has 4 nitrogen and oxygen atoms in total. The highest BCUT2D eigenvalue weighted by Gasteiger charge is 2.22. The SMILES string of the molecule is CC(C)N1CCC(n2nccn2)CC1. The van der Waals surface area contributed by atoms with Crippen LogP contribution in [0.4, 0.5) is 0 Å². The highest BCUT2D eigenvalue weighted by molar-refractivity contribution is 4.77. The Kier molecular flexibility index (Phi) is 2.82. The minimum atomic E-state index is 0.514. The van der Waals surface area contributed by atoms with Crippen LogP contribution in [0.15, 0.2) is 12.4 Å². The van der Waals surface area contributed by atoms with Crippen LogP contribution in [0.2, 0.25) is 0 Å². The highest BCUT2D eigenvalue weighted by atomic mass is 15.5. The van der Waals surface area contributed by atoms with Gasteiger partial charge in [-0.05, 0) is 26.7 Å². The standard InChI is InChI=1S/C10H18N4/c1-9(2)13-7-3-10(4-8-13)14-11-5-6-12-14/h5-6,9-10H,3-4,7-8H2,1-2H3. The van der Waals surface area contributed by atoms with Crippen molar-refractivity contribution in [1.82, 2.24) is 19.9 Å². The summed E-state index contributed by atoms with van der Waals surface area (Å²) in [7, 11) is 0. The molecule has 4 heteroatoms. The van der Waals surface area contributed by atoms with Crippen LogP contribution in [0, 0.1) is 0 Å². The van der Waals surface area contributed by atoms with Crippen LogP contribution in [0.25, 0.3) is 0 Å². The average Bonchev–Trinajstić information content (AvgIpc) is 2.71. The van der Waals surface area contributed by atoms with Gasteiger partial charge in [-0.25, -0.2) is 0 Å². The molecule has 0 unspecified atom stereocenters. The van der Waals surface area contributed by atoms with Gasteiger partial charge in [-0.15, -0.1) is 0 Å². The number of hydrogen-bond donors (Lipinski definition) is 0. The van der Waals surface area contributed by atoms with Gasteiger partial charge in [-0.1, -0.05) is 0 Å². The van der Waals surface area contributed by atoms with Crippen molar-refractivity contribution in [3.63, 3.8) is 0 Å². The summed E-state index contributed by atoms with van der Waals surface area (Å²) in [4.78, 5) is 4.37. The number of piperidine rings is 1. The molecule has 0 aromatic carbocycles. The lowest BCUT2D eigenvalue weighted by Gasteiger charge is -2.33. The van der Waals surface area contributed by atoms with Crippen molar-refractivity contribution < 1.29 is 0 Å². The van der Waals surface area contributed by atoms with E-state index in [4.69, 9.17) is 0 Å². The summed E-state index contributed by atoms with van der Waals surface area (Å²) in [5.41, 5.74) is 0. The van der Waals surface area contributed by atoms with Crippen molar-refractivity contribution in [3.8, 4) is 0 Å². The van der Waals surface area contributed by atoms with Crippen molar-refractivity contribution in [2.24, 2.45) is 0 Å². The van der Waals surface area contributed by atoms with Crippen LogP contribution in [0.5, 0.6) is 0 Å². The van der Waals surface area contributed by atoms with Gasteiger partial charge in [0.2, 0.25) is 0 Å². The third-order valence-corrected chi connectivity index (χ3v) is 2.99. The predicted octanol–water partition coefficient (Wildman–Crippen LogP) is 1.32. The Morgan fingerprint density at radius 2 is 1.71 bits per heavy atom. The first-order chi connectivity index (χ1) is 6.77. The Morgan fingerprint density at radius 1 is 1.14 bits per heavy atom. The first kappa shape index (κ1) is 9.65. The predicted molar refractivity (Wildman–Crippen MR) is 55.0 cm³/mol. The van der Waals surface area contributed by atoms with E-state index in [1.165, 1.54) is 25.9 Å². The molecule has 14 heavy (non-hydrogen) atoms. The first-order valence-electron chi connectivity index (χ1n) is 5.37. The van der Waals surface area contributed by atoms with Crippen LogP contribution in [0.1, 0.15) is 32.7 Å². The van der Waals surface area contributed by atoms with Crippen LogP contribution in [-0.2, 0) is 0 Å². The number of hydrogen-bond acceptors (Lipinski definition) is 3. The molecule has 0 aliphatic carbocycles. The molecule has 1 aromatic rings. The monoisotopic (exact) mass is 194 g/mol. The molecule has 2 heterocycles. The lowest BCUT2D eigenvalue weighted by molar-refractivity contribution is 0.141. The van der Waals surface area contributed by atoms with Gasteiger partial charge >= 0.3 is 0 Å². The van der Waals surface area contributed by atoms with E-state index in [9.17, 15) is 0 Å². The number of nitrogens with zero attached hydrogens (tertiary/aromatic N) is 4. The summed E-state index contributed by atoms with van der Waals surface area (Å²) in [6, 6.07) is 1.18. The van der Waals surface area contributed by atoms with E-state index in [0.717, 1.165) is 0 Å². The summed E-state index contributed by atoms with van der Waals surface area (Å²) in [6.07, 6.45) is 5.86. The first-order valence-corrected chi connectivity index (χ1v) is 5.37. The topological polar surface area (TPSA) is 34.0 Å². The zero-order chi connectivity index (χ0) is 9.97. The van der Waals surface area contributed by atoms with Gasteiger partial charge in [0, 0.05) is 19.1 Å². The number of aromatic nitrogens is 3. The third-order valence-electron chi connectivity index (χ3n) is 2.99. The maximum Gasteiger partial charge on any atom is 0.0740 e. The fourth-order valence-electron chi connectivity index (χ4n) is 2.05. The van der Waals surface area contributed by atoms with Crippen molar-refractivity contribution in [2.75, 3.05) is 13.1 Å². The summed E-state index contributed by atoms with van der Waals surface area (Å²) >= 11 is 0. The van der Waals surface area contributed by atoms with Crippen LogP contribution in [0.3, 0.4) is 0 Å². The number of rotatable bonds is 2. The molecule has 0 atom stereocenters. The Labute approximate surface area is 84.9 Å². The molecule has 2 rings (SSSR count). The molecule has 1 aliphatic rings. The van der Waals surface area contributed by atoms with E-state index < -0.39 is 0 Å². The maximum atomic E-state index is 4.20. The summed E-state index contributed by atoms with van der Waals surface area (Å²) in [5, 5.41) is 8.39. The van der Waals surface area contributed by atoms with Gasteiger partial charge in [-0.3, -0.25) is 0 Å². The fourth-order valence-corrected chi connectivity index (χ4v) is 2.05. The molecule has 1 aromatic heterocycles. The molecule has 0 spiro atoms. The van der Waals surface area contributed by atoms with Crippen molar-refractivity contribution in [3.05, 3.63) is 12.4 Å². The van der Waals surface area contributed by atoms with Crippen LogP contribution >= 0.6 is 0 Å². The summed E-state index contributed by atoms with van der Waals surface area (Å²) in [6.45, 7) is 6.85. The Morgan fingerprint density at radius 3 is 2.21 bits per heavy atom. The maximum absolute atomic E-state index is 4.20. The third kappa shape index (κ3) is 1.95. The molecule has 0 radical (unpaired) electrons. The highest BCUT2D eigenvalue weighted by Crippen LogP contribution is 2.21. The van der Waals surface area contributed by atoms with E-state index in [0.29, 0.717) is 12.1 Å². The largest absolute Gasteiger partial charge is 0.301 e. The Balaban J connectivity index is 1.90. The van der Waals surface area contributed by atoms with Gasteiger partial charge in [0.05, 0.1) is 18.4 Å². The molecule has 0 N–H and O–H groups in total. The zero-order valence-corrected chi connectivity index (χ0v) is 8.93. The number of likely N-dealkylation sites (tertiary alicyclic amines) is 1. The van der Waals surface area contributed by atoms with Gasteiger partial charge in [0.15, 0.2) is 0 Å². The quantitative estimate of drug-likeness (QED) is 0.712. The smallest absolute Gasteiger partial charge is 0.0740 e. The molecule has 1 aliphatic heterocycles. The minimum Gasteiger partial charge on any atom is -0.301 e. The molecule has 78 valence electrons. The molecular formula is C10H18N4. The Bertz CT molecular complexity index is 260.